The van der Waals surface area contributed by atoms with Crippen molar-refractivity contribution in [3.05, 3.63) is 48.0 Å². The zero-order valence-electron chi connectivity index (χ0n) is 11.1. The summed E-state index contributed by atoms with van der Waals surface area (Å²) in [5.41, 5.74) is 2.76. The van der Waals surface area contributed by atoms with Gasteiger partial charge in [0.25, 0.3) is 0 Å². The monoisotopic (exact) mass is 320 g/mol. The van der Waals surface area contributed by atoms with Crippen LogP contribution in [0, 0.1) is 6.92 Å². The molecule has 3 rings (SSSR count). The van der Waals surface area contributed by atoms with E-state index in [4.69, 9.17) is 5.14 Å². The van der Waals surface area contributed by atoms with Crippen molar-refractivity contribution in [3.63, 3.8) is 0 Å². The number of fused-ring (bicyclic) bond motifs is 1. The lowest BCUT2D eigenvalue weighted by atomic mass is 10.1. The van der Waals surface area contributed by atoms with Crippen molar-refractivity contribution in [1.29, 1.82) is 0 Å². The van der Waals surface area contributed by atoms with Crippen molar-refractivity contribution in [2.24, 2.45) is 5.14 Å². The molecule has 0 saturated carbocycles. The van der Waals surface area contributed by atoms with Crippen molar-refractivity contribution in [2.75, 3.05) is 0 Å². The van der Waals surface area contributed by atoms with Gasteiger partial charge in [-0.05, 0) is 42.8 Å². The minimum Gasteiger partial charge on any atom is -0.371 e. The molecule has 1 heterocycles. The first-order valence-electron chi connectivity index (χ1n) is 6.11. The molecular formula is C14H12N2O3S2. The van der Waals surface area contributed by atoms with E-state index in [-0.39, 0.29) is 5.75 Å². The van der Waals surface area contributed by atoms with Gasteiger partial charge >= 0.3 is 10.3 Å². The van der Waals surface area contributed by atoms with Crippen LogP contribution in [0.25, 0.3) is 20.8 Å². The number of hydrogen-bond acceptors (Lipinski definition) is 5. The van der Waals surface area contributed by atoms with E-state index >= 15 is 0 Å². The largest absolute Gasteiger partial charge is 0.380 e. The molecule has 2 aromatic carbocycles. The van der Waals surface area contributed by atoms with Gasteiger partial charge in [-0.15, -0.1) is 11.3 Å². The SMILES string of the molecule is Cc1cc(OS(N)(=O)=O)ccc1-c1nc2ccccc2s1. The van der Waals surface area contributed by atoms with E-state index in [0.29, 0.717) is 0 Å². The highest BCUT2D eigenvalue weighted by atomic mass is 32.2. The number of rotatable bonds is 3. The van der Waals surface area contributed by atoms with Crippen LogP contribution in [0.15, 0.2) is 42.5 Å². The van der Waals surface area contributed by atoms with Gasteiger partial charge in [-0.1, -0.05) is 12.1 Å². The van der Waals surface area contributed by atoms with E-state index in [1.54, 1.807) is 29.5 Å². The van der Waals surface area contributed by atoms with Gasteiger partial charge in [0.15, 0.2) is 0 Å². The second-order valence-electron chi connectivity index (χ2n) is 4.54. The molecule has 5 nitrogen and oxygen atoms in total. The second kappa shape index (κ2) is 5.10. The molecule has 0 aliphatic heterocycles. The normalized spacial score (nSPS) is 11.7. The Morgan fingerprint density at radius 3 is 2.62 bits per heavy atom. The van der Waals surface area contributed by atoms with Gasteiger partial charge in [0.2, 0.25) is 0 Å². The molecule has 7 heteroatoms. The molecule has 0 amide bonds. The molecule has 0 aliphatic rings. The van der Waals surface area contributed by atoms with E-state index < -0.39 is 10.3 Å². The van der Waals surface area contributed by atoms with Crippen LogP contribution in [-0.2, 0) is 10.3 Å². The number of aromatic nitrogens is 1. The highest BCUT2D eigenvalue weighted by Gasteiger charge is 2.11. The third-order valence-electron chi connectivity index (χ3n) is 2.93. The number of aryl methyl sites for hydroxylation is 1. The standard InChI is InChI=1S/C14H12N2O3S2/c1-9-8-10(19-21(15,17)18)6-7-11(9)14-16-12-4-2-3-5-13(12)20-14/h2-8H,1H3,(H2,15,17,18). The first-order valence-corrected chi connectivity index (χ1v) is 8.40. The summed E-state index contributed by atoms with van der Waals surface area (Å²) in [6, 6.07) is 12.9. The topological polar surface area (TPSA) is 82.3 Å². The van der Waals surface area contributed by atoms with E-state index in [0.717, 1.165) is 26.4 Å². The smallest absolute Gasteiger partial charge is 0.371 e. The van der Waals surface area contributed by atoms with Crippen LogP contribution >= 0.6 is 11.3 Å². The van der Waals surface area contributed by atoms with Crippen LogP contribution in [0.1, 0.15) is 5.56 Å². The highest BCUT2D eigenvalue weighted by Crippen LogP contribution is 2.33. The average Bonchev–Trinajstić information content (AvgIpc) is 2.80. The Morgan fingerprint density at radius 1 is 1.19 bits per heavy atom. The summed E-state index contributed by atoms with van der Waals surface area (Å²) >= 11 is 1.59. The van der Waals surface area contributed by atoms with Crippen molar-refractivity contribution in [2.45, 2.75) is 6.92 Å². The molecule has 108 valence electrons. The second-order valence-corrected chi connectivity index (χ2v) is 6.72. The fourth-order valence-corrected chi connectivity index (χ4v) is 3.48. The van der Waals surface area contributed by atoms with Gasteiger partial charge in [-0.2, -0.15) is 13.6 Å². The predicted molar refractivity (Wildman–Crippen MR) is 83.5 cm³/mol. The third-order valence-corrected chi connectivity index (χ3v) is 4.43. The number of nitrogens with two attached hydrogens (primary N) is 1. The van der Waals surface area contributed by atoms with Gasteiger partial charge in [0.1, 0.15) is 10.8 Å². The van der Waals surface area contributed by atoms with Crippen molar-refractivity contribution in [1.82, 2.24) is 4.98 Å². The van der Waals surface area contributed by atoms with E-state index in [1.807, 2.05) is 31.2 Å². The van der Waals surface area contributed by atoms with Gasteiger partial charge < -0.3 is 4.18 Å². The van der Waals surface area contributed by atoms with Gasteiger partial charge in [-0.3, -0.25) is 0 Å². The number of benzene rings is 2. The van der Waals surface area contributed by atoms with Gasteiger partial charge in [0.05, 0.1) is 10.2 Å². The quantitative estimate of drug-likeness (QED) is 0.804. The van der Waals surface area contributed by atoms with Gasteiger partial charge in [0, 0.05) is 5.56 Å². The molecule has 0 fully saturated rings. The fourth-order valence-electron chi connectivity index (χ4n) is 2.05. The number of hydrogen-bond donors (Lipinski definition) is 1. The van der Waals surface area contributed by atoms with Crippen LogP contribution in [0.5, 0.6) is 5.75 Å². The summed E-state index contributed by atoms with van der Waals surface area (Å²) < 4.78 is 27.6. The first kappa shape index (κ1) is 14.0. The van der Waals surface area contributed by atoms with Crippen LogP contribution in [0.4, 0.5) is 0 Å². The molecule has 21 heavy (non-hydrogen) atoms. The molecule has 0 unspecified atom stereocenters. The van der Waals surface area contributed by atoms with Crippen LogP contribution in [0.2, 0.25) is 0 Å². The summed E-state index contributed by atoms with van der Waals surface area (Å²) in [5, 5.41) is 5.74. The van der Waals surface area contributed by atoms with Crippen LogP contribution < -0.4 is 9.32 Å². The minimum absolute atomic E-state index is 0.194. The lowest BCUT2D eigenvalue weighted by Gasteiger charge is -2.06. The zero-order chi connectivity index (χ0) is 15.0. The van der Waals surface area contributed by atoms with E-state index in [1.165, 1.54) is 0 Å². The highest BCUT2D eigenvalue weighted by molar-refractivity contribution is 7.84. The van der Waals surface area contributed by atoms with E-state index in [9.17, 15) is 8.42 Å². The summed E-state index contributed by atoms with van der Waals surface area (Å²) in [7, 11) is -4.00. The Kier molecular flexibility index (Phi) is 3.40. The fraction of sp³-hybridized carbons (Fsp3) is 0.0714. The molecule has 0 spiro atoms. The molecule has 2 N–H and O–H groups in total. The Labute approximate surface area is 126 Å². The maximum Gasteiger partial charge on any atom is 0.380 e. The molecule has 0 bridgehead atoms. The molecule has 3 aromatic rings. The van der Waals surface area contributed by atoms with Crippen molar-refractivity contribution in [3.8, 4) is 16.3 Å². The van der Waals surface area contributed by atoms with Crippen LogP contribution in [-0.4, -0.2) is 13.4 Å². The predicted octanol–water partition coefficient (Wildman–Crippen LogP) is 2.85. The first-order chi connectivity index (χ1) is 9.92. The van der Waals surface area contributed by atoms with E-state index in [2.05, 4.69) is 9.17 Å². The lowest BCUT2D eigenvalue weighted by molar-refractivity contribution is 0.487. The summed E-state index contributed by atoms with van der Waals surface area (Å²) in [6.07, 6.45) is 0. The van der Waals surface area contributed by atoms with Crippen molar-refractivity contribution >= 4 is 31.9 Å². The number of thiazole rings is 1. The Hall–Kier alpha value is -1.96. The Morgan fingerprint density at radius 2 is 1.95 bits per heavy atom. The van der Waals surface area contributed by atoms with Crippen LogP contribution in [0.3, 0.4) is 0 Å². The molecule has 0 aliphatic carbocycles. The Bertz CT molecular complexity index is 884. The maximum absolute atomic E-state index is 10.9. The number of nitrogens with zero attached hydrogens (tertiary/aromatic N) is 1. The number of para-hydroxylation sites is 1. The molecule has 1 aromatic heterocycles. The summed E-state index contributed by atoms with van der Waals surface area (Å²) in [4.78, 5) is 4.58. The zero-order valence-corrected chi connectivity index (χ0v) is 12.7. The minimum atomic E-state index is -4.00. The Balaban J connectivity index is 2.02. The molecule has 0 saturated heterocycles. The molecule has 0 atom stereocenters. The summed E-state index contributed by atoms with van der Waals surface area (Å²) in [6.45, 7) is 1.87. The molecule has 0 radical (unpaired) electrons. The van der Waals surface area contributed by atoms with Crippen molar-refractivity contribution < 1.29 is 12.6 Å². The lowest BCUT2D eigenvalue weighted by Crippen LogP contribution is -2.18. The average molecular weight is 320 g/mol. The summed E-state index contributed by atoms with van der Waals surface area (Å²) in [5.74, 6) is 0.194. The maximum atomic E-state index is 10.9. The third kappa shape index (κ3) is 3.05. The van der Waals surface area contributed by atoms with Gasteiger partial charge in [-0.25, -0.2) is 4.98 Å². The molecular weight excluding hydrogens is 308 g/mol.